The van der Waals surface area contributed by atoms with Crippen LogP contribution in [0.4, 0.5) is 5.69 Å². The van der Waals surface area contributed by atoms with E-state index in [9.17, 15) is 9.59 Å². The number of carboxylic acids is 1. The normalized spacial score (nSPS) is 11.8. The molecule has 8 heteroatoms. The first-order chi connectivity index (χ1) is 9.43. The van der Waals surface area contributed by atoms with Gasteiger partial charge in [0.1, 0.15) is 11.8 Å². The van der Waals surface area contributed by atoms with Crippen LogP contribution in [0.25, 0.3) is 0 Å². The minimum Gasteiger partial charge on any atom is -0.495 e. The summed E-state index contributed by atoms with van der Waals surface area (Å²) in [5.41, 5.74) is 5.87. The van der Waals surface area contributed by atoms with Gasteiger partial charge in [0.15, 0.2) is 0 Å². The Hall–Kier alpha value is -1.44. The summed E-state index contributed by atoms with van der Waals surface area (Å²) in [6.07, 6.45) is 0. The Labute approximate surface area is 125 Å². The van der Waals surface area contributed by atoms with Crippen molar-refractivity contribution in [1.29, 1.82) is 0 Å². The number of carboxylic acid groups (broad SMARTS) is 1. The first-order valence-electron chi connectivity index (χ1n) is 5.63. The van der Waals surface area contributed by atoms with Crippen LogP contribution in [0.2, 0.25) is 5.02 Å². The number of hydrogen-bond donors (Lipinski definition) is 3. The molecule has 0 heterocycles. The van der Waals surface area contributed by atoms with Crippen LogP contribution in [0.5, 0.6) is 5.75 Å². The Bertz CT molecular complexity index is 498. The van der Waals surface area contributed by atoms with Gasteiger partial charge < -0.3 is 20.9 Å². The molecule has 1 aromatic carbocycles. The molecule has 0 bridgehead atoms. The van der Waals surface area contributed by atoms with Crippen molar-refractivity contribution in [1.82, 2.24) is 0 Å². The summed E-state index contributed by atoms with van der Waals surface area (Å²) in [5, 5.41) is 11.6. The summed E-state index contributed by atoms with van der Waals surface area (Å²) in [6.45, 7) is 0. The second-order valence-electron chi connectivity index (χ2n) is 3.86. The second-order valence-corrected chi connectivity index (χ2v) is 5.29. The zero-order chi connectivity index (χ0) is 15.1. The maximum absolute atomic E-state index is 11.6. The molecule has 6 nitrogen and oxygen atoms in total. The number of methoxy groups -OCH3 is 1. The van der Waals surface area contributed by atoms with Crippen molar-refractivity contribution >= 4 is 40.9 Å². The second kappa shape index (κ2) is 7.98. The molecule has 1 aromatic rings. The Morgan fingerprint density at radius 2 is 2.25 bits per heavy atom. The fourth-order valence-electron chi connectivity index (χ4n) is 1.29. The molecule has 4 N–H and O–H groups in total. The van der Waals surface area contributed by atoms with Gasteiger partial charge in [0, 0.05) is 11.4 Å². The van der Waals surface area contributed by atoms with Crippen molar-refractivity contribution < 1.29 is 19.4 Å². The average molecular weight is 319 g/mol. The SMILES string of the molecule is COc1ccc(NC(=O)CSCC(N)C(=O)O)cc1Cl. The van der Waals surface area contributed by atoms with Gasteiger partial charge in [0.05, 0.1) is 17.9 Å². The predicted molar refractivity (Wildman–Crippen MR) is 79.6 cm³/mol. The summed E-state index contributed by atoms with van der Waals surface area (Å²) >= 11 is 7.08. The largest absolute Gasteiger partial charge is 0.495 e. The molecule has 1 amide bonds. The van der Waals surface area contributed by atoms with E-state index in [0.29, 0.717) is 16.5 Å². The van der Waals surface area contributed by atoms with Gasteiger partial charge in [0.2, 0.25) is 5.91 Å². The monoisotopic (exact) mass is 318 g/mol. The smallest absolute Gasteiger partial charge is 0.321 e. The number of amides is 1. The van der Waals surface area contributed by atoms with Crippen LogP contribution in [0.15, 0.2) is 18.2 Å². The van der Waals surface area contributed by atoms with E-state index in [1.807, 2.05) is 0 Å². The molecule has 1 atom stereocenters. The summed E-state index contributed by atoms with van der Waals surface area (Å²) < 4.78 is 5.00. The van der Waals surface area contributed by atoms with Gasteiger partial charge in [-0.2, -0.15) is 0 Å². The molecule has 0 aliphatic rings. The minimum absolute atomic E-state index is 0.116. The minimum atomic E-state index is -1.08. The van der Waals surface area contributed by atoms with Crippen LogP contribution in [-0.2, 0) is 9.59 Å². The van der Waals surface area contributed by atoms with E-state index < -0.39 is 12.0 Å². The highest BCUT2D eigenvalue weighted by molar-refractivity contribution is 8.00. The van der Waals surface area contributed by atoms with Crippen LogP contribution in [0, 0.1) is 0 Å². The van der Waals surface area contributed by atoms with Crippen molar-refractivity contribution in [3.63, 3.8) is 0 Å². The molecule has 0 radical (unpaired) electrons. The van der Waals surface area contributed by atoms with E-state index in [1.54, 1.807) is 18.2 Å². The van der Waals surface area contributed by atoms with Gasteiger partial charge in [-0.3, -0.25) is 9.59 Å². The predicted octanol–water partition coefficient (Wildman–Crippen LogP) is 1.43. The van der Waals surface area contributed by atoms with Crippen LogP contribution in [0.1, 0.15) is 0 Å². The van der Waals surface area contributed by atoms with Crippen LogP contribution in [-0.4, -0.2) is 41.6 Å². The summed E-state index contributed by atoms with van der Waals surface area (Å²) in [4.78, 5) is 22.1. The molecule has 20 heavy (non-hydrogen) atoms. The molecule has 0 aliphatic heterocycles. The lowest BCUT2D eigenvalue weighted by Gasteiger charge is -2.09. The quantitative estimate of drug-likeness (QED) is 0.703. The zero-order valence-electron chi connectivity index (χ0n) is 10.8. The number of anilines is 1. The number of aliphatic carboxylic acids is 1. The van der Waals surface area contributed by atoms with Crippen molar-refractivity contribution in [2.75, 3.05) is 23.9 Å². The zero-order valence-corrected chi connectivity index (χ0v) is 12.3. The van der Waals surface area contributed by atoms with Crippen LogP contribution in [0.3, 0.4) is 0 Å². The number of carbonyl (C=O) groups is 2. The summed E-state index contributed by atoms with van der Waals surface area (Å²) in [7, 11) is 1.50. The highest BCUT2D eigenvalue weighted by Crippen LogP contribution is 2.27. The van der Waals surface area contributed by atoms with Gasteiger partial charge in [-0.15, -0.1) is 11.8 Å². The molecular formula is C12H15ClN2O4S. The Morgan fingerprint density at radius 1 is 1.55 bits per heavy atom. The lowest BCUT2D eigenvalue weighted by Crippen LogP contribution is -2.33. The van der Waals surface area contributed by atoms with Crippen molar-refractivity contribution in [2.24, 2.45) is 5.73 Å². The van der Waals surface area contributed by atoms with Crippen molar-refractivity contribution in [3.05, 3.63) is 23.2 Å². The number of carbonyl (C=O) groups excluding carboxylic acids is 1. The molecule has 110 valence electrons. The molecule has 0 saturated carbocycles. The van der Waals surface area contributed by atoms with E-state index in [2.05, 4.69) is 5.32 Å². The third kappa shape index (κ3) is 5.28. The third-order valence-electron chi connectivity index (χ3n) is 2.28. The number of thioether (sulfide) groups is 1. The fourth-order valence-corrected chi connectivity index (χ4v) is 2.32. The fraction of sp³-hybridized carbons (Fsp3) is 0.333. The maximum Gasteiger partial charge on any atom is 0.321 e. The Kier molecular flexibility index (Phi) is 6.63. The molecule has 1 rings (SSSR count). The van der Waals surface area contributed by atoms with Crippen LogP contribution < -0.4 is 15.8 Å². The van der Waals surface area contributed by atoms with Gasteiger partial charge in [-0.25, -0.2) is 0 Å². The number of halogens is 1. The Balaban J connectivity index is 2.43. The lowest BCUT2D eigenvalue weighted by molar-refractivity contribution is -0.137. The first kappa shape index (κ1) is 16.6. The lowest BCUT2D eigenvalue weighted by atomic mass is 10.3. The average Bonchev–Trinajstić information content (AvgIpc) is 2.38. The highest BCUT2D eigenvalue weighted by atomic mass is 35.5. The molecule has 0 aromatic heterocycles. The summed E-state index contributed by atoms with van der Waals surface area (Å²) in [5.74, 6) is -0.531. The van der Waals surface area contributed by atoms with Crippen molar-refractivity contribution in [2.45, 2.75) is 6.04 Å². The van der Waals surface area contributed by atoms with Crippen molar-refractivity contribution in [3.8, 4) is 5.75 Å². The van der Waals surface area contributed by atoms with Gasteiger partial charge >= 0.3 is 5.97 Å². The molecule has 0 saturated heterocycles. The van der Waals surface area contributed by atoms with E-state index in [4.69, 9.17) is 27.2 Å². The molecular weight excluding hydrogens is 304 g/mol. The number of hydrogen-bond acceptors (Lipinski definition) is 5. The first-order valence-corrected chi connectivity index (χ1v) is 7.17. The highest BCUT2D eigenvalue weighted by Gasteiger charge is 2.12. The number of nitrogens with one attached hydrogen (secondary N) is 1. The third-order valence-corrected chi connectivity index (χ3v) is 3.64. The molecule has 1 unspecified atom stereocenters. The maximum atomic E-state index is 11.6. The van der Waals surface area contributed by atoms with Gasteiger partial charge in [-0.05, 0) is 18.2 Å². The van der Waals surface area contributed by atoms with Gasteiger partial charge in [-0.1, -0.05) is 11.6 Å². The molecule has 0 aliphatic carbocycles. The number of rotatable bonds is 7. The van der Waals surface area contributed by atoms with Gasteiger partial charge in [0.25, 0.3) is 0 Å². The number of ether oxygens (including phenoxy) is 1. The van der Waals surface area contributed by atoms with E-state index >= 15 is 0 Å². The van der Waals surface area contributed by atoms with E-state index in [-0.39, 0.29) is 17.4 Å². The van der Waals surface area contributed by atoms with Crippen LogP contribution >= 0.6 is 23.4 Å². The summed E-state index contributed by atoms with van der Waals surface area (Å²) in [6, 6.07) is 3.91. The van der Waals surface area contributed by atoms with E-state index in [0.717, 1.165) is 11.8 Å². The standard InChI is InChI=1S/C12H15ClN2O4S/c1-19-10-3-2-7(4-8(10)13)15-11(16)6-20-5-9(14)12(17)18/h2-4,9H,5-6,14H2,1H3,(H,15,16)(H,17,18). The van der Waals surface area contributed by atoms with E-state index in [1.165, 1.54) is 7.11 Å². The number of benzene rings is 1. The topological polar surface area (TPSA) is 102 Å². The number of nitrogens with two attached hydrogens (primary N) is 1. The molecule has 0 fully saturated rings. The molecule has 0 spiro atoms. The Morgan fingerprint density at radius 3 is 2.80 bits per heavy atom.